The largest absolute Gasteiger partial charge is 0.346 e. The van der Waals surface area contributed by atoms with Crippen LogP contribution < -0.4 is 5.48 Å². The van der Waals surface area contributed by atoms with E-state index in [2.05, 4.69) is 4.84 Å². The van der Waals surface area contributed by atoms with Crippen LogP contribution in [0.3, 0.4) is 0 Å². The van der Waals surface area contributed by atoms with Gasteiger partial charge in [-0.05, 0) is 38.1 Å². The SMILES string of the molecule is Cc1ccc(S(=O)(=O)CC(C2C(=O)NOC2=O)S(=O)(=O)c2ccc(C)cc2)cc1. The maximum absolute atomic E-state index is 13.2. The van der Waals surface area contributed by atoms with E-state index in [9.17, 15) is 26.4 Å². The third-order valence-electron chi connectivity index (χ3n) is 4.67. The maximum atomic E-state index is 13.2. The third-order valence-corrected chi connectivity index (χ3v) is 8.84. The van der Waals surface area contributed by atoms with Crippen molar-refractivity contribution in [2.24, 2.45) is 5.92 Å². The predicted molar refractivity (Wildman–Crippen MR) is 103 cm³/mol. The molecular weight excluding hydrogens is 418 g/mol. The van der Waals surface area contributed by atoms with Crippen molar-refractivity contribution in [1.82, 2.24) is 5.48 Å². The summed E-state index contributed by atoms with van der Waals surface area (Å²) in [6.07, 6.45) is 0. The summed E-state index contributed by atoms with van der Waals surface area (Å²) in [5, 5.41) is -1.84. The Balaban J connectivity index is 2.08. The van der Waals surface area contributed by atoms with E-state index in [1.54, 1.807) is 38.1 Å². The summed E-state index contributed by atoms with van der Waals surface area (Å²) in [7, 11) is -8.48. The zero-order valence-electron chi connectivity index (χ0n) is 15.7. The molecule has 29 heavy (non-hydrogen) atoms. The summed E-state index contributed by atoms with van der Waals surface area (Å²) in [6, 6.07) is 11.6. The van der Waals surface area contributed by atoms with Gasteiger partial charge in [-0.1, -0.05) is 35.4 Å². The average Bonchev–Trinajstić information content (AvgIpc) is 2.98. The van der Waals surface area contributed by atoms with Crippen LogP contribution in [0, 0.1) is 19.8 Å². The highest BCUT2D eigenvalue weighted by Gasteiger charge is 2.50. The molecule has 2 aromatic carbocycles. The van der Waals surface area contributed by atoms with E-state index in [0.29, 0.717) is 0 Å². The highest BCUT2D eigenvalue weighted by atomic mass is 32.2. The van der Waals surface area contributed by atoms with Crippen molar-refractivity contribution in [3.05, 3.63) is 59.7 Å². The minimum atomic E-state index is -4.36. The van der Waals surface area contributed by atoms with Gasteiger partial charge in [0.1, 0.15) is 5.25 Å². The molecule has 2 atom stereocenters. The Morgan fingerprint density at radius 2 is 1.34 bits per heavy atom. The Bertz CT molecular complexity index is 1140. The second-order valence-electron chi connectivity index (χ2n) is 6.86. The number of sulfone groups is 2. The van der Waals surface area contributed by atoms with Crippen LogP contribution in [0.15, 0.2) is 58.3 Å². The molecule has 10 heteroatoms. The van der Waals surface area contributed by atoms with E-state index in [0.717, 1.165) is 11.1 Å². The van der Waals surface area contributed by atoms with Crippen LogP contribution in [-0.4, -0.2) is 39.7 Å². The van der Waals surface area contributed by atoms with Gasteiger partial charge in [-0.15, -0.1) is 0 Å². The van der Waals surface area contributed by atoms with Gasteiger partial charge in [0.2, 0.25) is 0 Å². The van der Waals surface area contributed by atoms with E-state index >= 15 is 0 Å². The molecule has 0 aliphatic carbocycles. The van der Waals surface area contributed by atoms with Gasteiger partial charge < -0.3 is 4.84 Å². The van der Waals surface area contributed by atoms with Crippen LogP contribution >= 0.6 is 0 Å². The second kappa shape index (κ2) is 7.60. The first-order chi connectivity index (χ1) is 13.5. The van der Waals surface area contributed by atoms with Crippen LogP contribution in [0.2, 0.25) is 0 Å². The van der Waals surface area contributed by atoms with Crippen LogP contribution in [0.4, 0.5) is 0 Å². The minimum Gasteiger partial charge on any atom is -0.340 e. The summed E-state index contributed by atoms with van der Waals surface area (Å²) >= 11 is 0. The summed E-state index contributed by atoms with van der Waals surface area (Å²) in [5.74, 6) is -4.86. The molecule has 2 aromatic rings. The predicted octanol–water partition coefficient (Wildman–Crippen LogP) is 1.12. The molecule has 1 fully saturated rings. The van der Waals surface area contributed by atoms with Gasteiger partial charge in [-0.3, -0.25) is 4.79 Å². The normalized spacial score (nSPS) is 18.2. The molecule has 0 aromatic heterocycles. The lowest BCUT2D eigenvalue weighted by Crippen LogP contribution is -2.42. The standard InChI is InChI=1S/C19H19NO7S2/c1-12-3-7-14(8-4-12)28(23,24)11-16(17-18(21)20-27-19(17)22)29(25,26)15-9-5-13(2)6-10-15/h3-10,16-17H,11H2,1-2H3,(H,20,21). The van der Waals surface area contributed by atoms with E-state index in [1.807, 2.05) is 5.48 Å². The highest BCUT2D eigenvalue weighted by molar-refractivity contribution is 7.95. The topological polar surface area (TPSA) is 124 Å². The summed E-state index contributed by atoms with van der Waals surface area (Å²) < 4.78 is 52.3. The number of carbonyl (C=O) groups is 2. The first-order valence-electron chi connectivity index (χ1n) is 8.63. The van der Waals surface area contributed by atoms with Crippen LogP contribution in [0.25, 0.3) is 0 Å². The van der Waals surface area contributed by atoms with Crippen molar-refractivity contribution < 1.29 is 31.3 Å². The quantitative estimate of drug-likeness (QED) is 0.672. The first-order valence-corrected chi connectivity index (χ1v) is 11.8. The van der Waals surface area contributed by atoms with E-state index in [1.165, 1.54) is 24.3 Å². The molecular formula is C19H19NO7S2. The third kappa shape index (κ3) is 4.18. The molecule has 0 saturated carbocycles. The van der Waals surface area contributed by atoms with Crippen LogP contribution in [-0.2, 0) is 34.1 Å². The number of hydroxylamine groups is 1. The summed E-state index contributed by atoms with van der Waals surface area (Å²) in [6.45, 7) is 3.54. The first kappa shape index (κ1) is 21.0. The summed E-state index contributed by atoms with van der Waals surface area (Å²) in [4.78, 5) is 28.3. The fourth-order valence-corrected chi connectivity index (χ4v) is 7.06. The fourth-order valence-electron chi connectivity index (χ4n) is 2.98. The molecule has 2 unspecified atom stereocenters. The van der Waals surface area contributed by atoms with Gasteiger partial charge in [-0.2, -0.15) is 5.48 Å². The Labute approximate surface area is 168 Å². The molecule has 0 spiro atoms. The van der Waals surface area contributed by atoms with Gasteiger partial charge in [-0.25, -0.2) is 21.6 Å². The average molecular weight is 437 g/mol. The van der Waals surface area contributed by atoms with Crippen LogP contribution in [0.1, 0.15) is 11.1 Å². The Morgan fingerprint density at radius 3 is 1.79 bits per heavy atom. The molecule has 1 aliphatic rings. The lowest BCUT2D eigenvalue weighted by molar-refractivity contribution is -0.146. The molecule has 1 aliphatic heterocycles. The van der Waals surface area contributed by atoms with Crippen molar-refractivity contribution in [2.75, 3.05) is 5.75 Å². The lowest BCUT2D eigenvalue weighted by atomic mass is 10.1. The molecule has 3 rings (SSSR count). The molecule has 0 radical (unpaired) electrons. The van der Waals surface area contributed by atoms with E-state index in [-0.39, 0.29) is 9.79 Å². The molecule has 0 bridgehead atoms. The second-order valence-corrected chi connectivity index (χ2v) is 11.1. The molecule has 1 N–H and O–H groups in total. The van der Waals surface area contributed by atoms with E-state index in [4.69, 9.17) is 0 Å². The Hall–Kier alpha value is -2.72. The number of hydrogen-bond acceptors (Lipinski definition) is 7. The molecule has 1 saturated heterocycles. The summed E-state index contributed by atoms with van der Waals surface area (Å²) in [5.41, 5.74) is 3.44. The van der Waals surface area contributed by atoms with Crippen molar-refractivity contribution in [3.8, 4) is 0 Å². The fraction of sp³-hybridized carbons (Fsp3) is 0.263. The Kier molecular flexibility index (Phi) is 5.50. The molecule has 154 valence electrons. The van der Waals surface area contributed by atoms with Gasteiger partial charge in [0.25, 0.3) is 5.91 Å². The zero-order valence-corrected chi connectivity index (χ0v) is 17.3. The number of amides is 1. The maximum Gasteiger partial charge on any atom is 0.346 e. The van der Waals surface area contributed by atoms with Gasteiger partial charge in [0, 0.05) is 0 Å². The monoisotopic (exact) mass is 437 g/mol. The smallest absolute Gasteiger partial charge is 0.340 e. The van der Waals surface area contributed by atoms with Crippen molar-refractivity contribution in [3.63, 3.8) is 0 Å². The number of benzene rings is 2. The molecule has 1 amide bonds. The van der Waals surface area contributed by atoms with Gasteiger partial charge in [0.05, 0.1) is 15.5 Å². The number of rotatable bonds is 6. The lowest BCUT2D eigenvalue weighted by Gasteiger charge is -2.20. The molecule has 1 heterocycles. The molecule has 8 nitrogen and oxygen atoms in total. The Morgan fingerprint density at radius 1 is 0.862 bits per heavy atom. The number of hydrogen-bond donors (Lipinski definition) is 1. The van der Waals surface area contributed by atoms with Crippen LogP contribution in [0.5, 0.6) is 0 Å². The zero-order chi connectivity index (χ0) is 21.4. The van der Waals surface area contributed by atoms with Gasteiger partial charge >= 0.3 is 5.97 Å². The number of carbonyl (C=O) groups excluding carboxylic acids is 2. The van der Waals surface area contributed by atoms with E-state index < -0.39 is 48.5 Å². The van der Waals surface area contributed by atoms with Crippen molar-refractivity contribution in [1.29, 1.82) is 0 Å². The minimum absolute atomic E-state index is 0.0982. The number of nitrogens with one attached hydrogen (secondary N) is 1. The van der Waals surface area contributed by atoms with Gasteiger partial charge in [0.15, 0.2) is 25.6 Å². The highest BCUT2D eigenvalue weighted by Crippen LogP contribution is 2.28. The van der Waals surface area contributed by atoms with Crippen molar-refractivity contribution >= 4 is 31.6 Å². The number of aryl methyl sites for hydroxylation is 2. The van der Waals surface area contributed by atoms with Crippen molar-refractivity contribution in [2.45, 2.75) is 28.9 Å².